The van der Waals surface area contributed by atoms with E-state index in [1.54, 1.807) is 0 Å². The van der Waals surface area contributed by atoms with Gasteiger partial charge in [0.05, 0.1) is 12.6 Å². The second kappa shape index (κ2) is 5.61. The Balaban J connectivity index is 1.83. The molecule has 0 saturated heterocycles. The van der Waals surface area contributed by atoms with Crippen LogP contribution in [0.4, 0.5) is 0 Å². The zero-order valence-electron chi connectivity index (χ0n) is 11.4. The van der Waals surface area contributed by atoms with Crippen LogP contribution in [0.2, 0.25) is 0 Å². The van der Waals surface area contributed by atoms with Gasteiger partial charge in [0, 0.05) is 5.56 Å². The maximum Gasteiger partial charge on any atom is 0.274 e. The molecule has 0 spiro atoms. The molecule has 0 aliphatic rings. The molecule has 2 aromatic carbocycles. The van der Waals surface area contributed by atoms with E-state index >= 15 is 0 Å². The number of quaternary nitrogens is 1. The maximum absolute atomic E-state index is 5.61. The van der Waals surface area contributed by atoms with Crippen molar-refractivity contribution in [2.45, 2.75) is 13.2 Å². The summed E-state index contributed by atoms with van der Waals surface area (Å²) in [5, 5.41) is 0. The summed E-state index contributed by atoms with van der Waals surface area (Å²) in [6.45, 7) is 1.76. The lowest BCUT2D eigenvalue weighted by Gasteiger charge is -2.14. The predicted octanol–water partition coefficient (Wildman–Crippen LogP) is 2.64. The summed E-state index contributed by atoms with van der Waals surface area (Å²) < 4.78 is 7.67. The fourth-order valence-electron chi connectivity index (χ4n) is 2.43. The van der Waals surface area contributed by atoms with E-state index in [9.17, 15) is 0 Å². The van der Waals surface area contributed by atoms with Crippen LogP contribution in [0.3, 0.4) is 0 Å². The van der Waals surface area contributed by atoms with Gasteiger partial charge in [-0.05, 0) is 24.4 Å². The molecule has 4 heteroatoms. The Bertz CT molecular complexity index is 761. The normalized spacial score (nSPS) is 12.7. The molecule has 20 heavy (non-hydrogen) atoms. The molecule has 1 atom stereocenters. The second-order valence-corrected chi connectivity index (χ2v) is 5.39. The van der Waals surface area contributed by atoms with Crippen LogP contribution in [0, 0.1) is 4.84 Å². The van der Waals surface area contributed by atoms with Gasteiger partial charge in [0.15, 0.2) is 12.3 Å². The van der Waals surface area contributed by atoms with E-state index in [4.69, 9.17) is 16.6 Å². The number of hydrogen-bond donors (Lipinski definition) is 1. The predicted molar refractivity (Wildman–Crippen MR) is 82.1 cm³/mol. The van der Waals surface area contributed by atoms with E-state index in [2.05, 4.69) is 35.9 Å². The maximum atomic E-state index is 5.61. The third-order valence-corrected chi connectivity index (χ3v) is 3.65. The van der Waals surface area contributed by atoms with E-state index in [0.29, 0.717) is 4.84 Å². The molecule has 3 rings (SSSR count). The van der Waals surface area contributed by atoms with Crippen LogP contribution < -0.4 is 4.90 Å². The molecule has 3 aromatic rings. The molecule has 0 fully saturated rings. The minimum Gasteiger partial charge on any atom is -0.429 e. The molecule has 1 aromatic heterocycles. The first-order valence-electron chi connectivity index (χ1n) is 6.67. The molecule has 0 bridgehead atoms. The molecule has 0 amide bonds. The topological polar surface area (TPSA) is 22.5 Å². The quantitative estimate of drug-likeness (QED) is 0.745. The molecule has 3 nitrogen and oxygen atoms in total. The molecule has 1 heterocycles. The highest BCUT2D eigenvalue weighted by molar-refractivity contribution is 7.71. The molecular weight excluding hydrogens is 268 g/mol. The van der Waals surface area contributed by atoms with Gasteiger partial charge in [0.25, 0.3) is 4.84 Å². The molecule has 0 radical (unpaired) electrons. The van der Waals surface area contributed by atoms with Crippen LogP contribution in [-0.4, -0.2) is 11.6 Å². The average molecular weight is 285 g/mol. The van der Waals surface area contributed by atoms with Crippen molar-refractivity contribution in [2.75, 3.05) is 7.05 Å². The van der Waals surface area contributed by atoms with Gasteiger partial charge in [-0.3, -0.25) is 4.57 Å². The van der Waals surface area contributed by atoms with E-state index in [0.717, 1.165) is 24.3 Å². The van der Waals surface area contributed by atoms with E-state index < -0.39 is 0 Å². The van der Waals surface area contributed by atoms with Crippen molar-refractivity contribution in [1.82, 2.24) is 4.57 Å². The second-order valence-electron chi connectivity index (χ2n) is 5.04. The van der Waals surface area contributed by atoms with E-state index in [1.165, 1.54) is 10.5 Å². The number of hydrogen-bond acceptors (Lipinski definition) is 2. The van der Waals surface area contributed by atoms with Crippen LogP contribution >= 0.6 is 12.2 Å². The third kappa shape index (κ3) is 2.66. The number of nitrogens with one attached hydrogen (secondary N) is 1. The Kier molecular flexibility index (Phi) is 3.67. The number of para-hydroxylation sites is 2. The van der Waals surface area contributed by atoms with Gasteiger partial charge in [-0.2, -0.15) is 0 Å². The van der Waals surface area contributed by atoms with Gasteiger partial charge in [0.2, 0.25) is 0 Å². The van der Waals surface area contributed by atoms with E-state index in [-0.39, 0.29) is 0 Å². The molecule has 0 aliphatic heterocycles. The molecule has 0 aliphatic carbocycles. The lowest BCUT2D eigenvalue weighted by Crippen LogP contribution is -3.06. The van der Waals surface area contributed by atoms with Crippen molar-refractivity contribution in [3.8, 4) is 0 Å². The highest BCUT2D eigenvalue weighted by Gasteiger charge is 2.10. The summed E-state index contributed by atoms with van der Waals surface area (Å²) in [5.41, 5.74) is 3.24. The zero-order valence-corrected chi connectivity index (χ0v) is 12.2. The summed E-state index contributed by atoms with van der Waals surface area (Å²) in [5.74, 6) is 0. The lowest BCUT2D eigenvalue weighted by atomic mass is 10.2. The minimum absolute atomic E-state index is 0.540. The molecule has 0 saturated carbocycles. The van der Waals surface area contributed by atoms with Crippen LogP contribution in [0.5, 0.6) is 0 Å². The fourth-order valence-corrected chi connectivity index (χ4v) is 2.69. The standard InChI is InChI=1S/C16H16N2OS/c1-17(11-13-7-3-2-4-8-13)12-18-14-9-5-6-10-15(14)19-16(18)20/h2-10H,11-12H2,1H3/p+1. The Hall–Kier alpha value is -1.91. The fraction of sp³-hybridized carbons (Fsp3) is 0.188. The highest BCUT2D eigenvalue weighted by Crippen LogP contribution is 2.15. The van der Waals surface area contributed by atoms with Crippen LogP contribution in [0.15, 0.2) is 59.0 Å². The van der Waals surface area contributed by atoms with Crippen molar-refractivity contribution < 1.29 is 9.32 Å². The molecule has 1 N–H and O–H groups in total. The first-order chi connectivity index (χ1) is 9.74. The number of oxazole rings is 1. The van der Waals surface area contributed by atoms with Gasteiger partial charge >= 0.3 is 0 Å². The zero-order chi connectivity index (χ0) is 13.9. The highest BCUT2D eigenvalue weighted by atomic mass is 32.1. The minimum atomic E-state index is 0.540. The monoisotopic (exact) mass is 285 g/mol. The Morgan fingerprint density at radius 1 is 1.05 bits per heavy atom. The smallest absolute Gasteiger partial charge is 0.274 e. The van der Waals surface area contributed by atoms with Gasteiger partial charge in [-0.15, -0.1) is 0 Å². The van der Waals surface area contributed by atoms with Crippen LogP contribution in [0.1, 0.15) is 5.56 Å². The Labute approximate surface area is 123 Å². The van der Waals surface area contributed by atoms with Crippen molar-refractivity contribution in [1.29, 1.82) is 0 Å². The number of fused-ring (bicyclic) bond motifs is 1. The van der Waals surface area contributed by atoms with Crippen molar-refractivity contribution in [3.63, 3.8) is 0 Å². The Morgan fingerprint density at radius 2 is 1.75 bits per heavy atom. The van der Waals surface area contributed by atoms with E-state index in [1.807, 2.05) is 30.3 Å². The number of benzene rings is 2. The number of nitrogens with zero attached hydrogens (tertiary/aromatic N) is 1. The van der Waals surface area contributed by atoms with Crippen molar-refractivity contribution in [2.24, 2.45) is 0 Å². The van der Waals surface area contributed by atoms with Crippen LogP contribution in [0.25, 0.3) is 11.1 Å². The number of aromatic nitrogens is 1. The third-order valence-electron chi connectivity index (χ3n) is 3.35. The molecule has 102 valence electrons. The van der Waals surface area contributed by atoms with Gasteiger partial charge in [-0.1, -0.05) is 42.5 Å². The summed E-state index contributed by atoms with van der Waals surface area (Å²) >= 11 is 5.32. The van der Waals surface area contributed by atoms with Crippen molar-refractivity contribution >= 4 is 23.3 Å². The molecular formula is C16H17N2OS+. The summed E-state index contributed by atoms with van der Waals surface area (Å²) in [7, 11) is 2.16. The van der Waals surface area contributed by atoms with Gasteiger partial charge < -0.3 is 9.32 Å². The number of rotatable bonds is 4. The average Bonchev–Trinajstić information content (AvgIpc) is 2.76. The van der Waals surface area contributed by atoms with Gasteiger partial charge in [-0.25, -0.2) is 0 Å². The SMILES string of the molecule is C[NH+](Cc1ccccc1)Cn1c(=S)oc2ccccc21. The summed E-state index contributed by atoms with van der Waals surface area (Å²) in [6.07, 6.45) is 0. The lowest BCUT2D eigenvalue weighted by molar-refractivity contribution is -0.916. The largest absolute Gasteiger partial charge is 0.429 e. The summed E-state index contributed by atoms with van der Waals surface area (Å²) in [6, 6.07) is 18.5. The summed E-state index contributed by atoms with van der Waals surface area (Å²) in [4.78, 5) is 1.90. The first kappa shape index (κ1) is 13.1. The first-order valence-corrected chi connectivity index (χ1v) is 7.08. The van der Waals surface area contributed by atoms with Crippen LogP contribution in [-0.2, 0) is 13.2 Å². The van der Waals surface area contributed by atoms with Gasteiger partial charge in [0.1, 0.15) is 6.54 Å². The Morgan fingerprint density at radius 3 is 2.55 bits per heavy atom. The van der Waals surface area contributed by atoms with Crippen molar-refractivity contribution in [3.05, 3.63) is 65.0 Å². The molecule has 1 unspecified atom stereocenters.